The Kier molecular flexibility index (Phi) is 6.83. The number of nitrogen functional groups attached to an aromatic ring is 1. The number of anilines is 1. The molecular weight excluding hydrogens is 383 g/mol. The smallest absolute Gasteiger partial charge is 0.149 e. The standard InChI is InChI=1S/C26H20F3N/c1-2-3-4-5-6-21-14-11-19(15-23(21)27)8-7-18-9-12-20(13-10-18)22-16-24(28)26(30)25(29)17-22/h9-17H,2-4,30H2,1H3. The van der Waals surface area contributed by atoms with Crippen LogP contribution in [0.5, 0.6) is 0 Å². The predicted octanol–water partition coefficient (Wildman–Crippen LogP) is 6.29. The fourth-order valence-electron chi connectivity index (χ4n) is 2.76. The van der Waals surface area contributed by atoms with Crippen LogP contribution in [0.15, 0.2) is 54.6 Å². The van der Waals surface area contributed by atoms with E-state index in [0.29, 0.717) is 27.8 Å². The Morgan fingerprint density at radius 2 is 1.37 bits per heavy atom. The van der Waals surface area contributed by atoms with Crippen molar-refractivity contribution in [1.29, 1.82) is 0 Å². The largest absolute Gasteiger partial charge is 0.394 e. The number of nitrogens with two attached hydrogens (primary N) is 1. The monoisotopic (exact) mass is 403 g/mol. The molecule has 0 atom stereocenters. The topological polar surface area (TPSA) is 26.0 Å². The SMILES string of the molecule is CCCCC#Cc1ccc(C#Cc2ccc(-c3cc(F)c(N)c(F)c3)cc2)cc1F. The zero-order valence-corrected chi connectivity index (χ0v) is 16.5. The minimum atomic E-state index is -0.797. The maximum Gasteiger partial charge on any atom is 0.149 e. The summed E-state index contributed by atoms with van der Waals surface area (Å²) in [6, 6.07) is 14.0. The molecule has 0 saturated heterocycles. The number of halogens is 3. The molecule has 0 amide bonds. The molecule has 0 heterocycles. The summed E-state index contributed by atoms with van der Waals surface area (Å²) in [6.45, 7) is 2.08. The van der Waals surface area contributed by atoms with Crippen LogP contribution in [-0.2, 0) is 0 Å². The Labute approximate surface area is 174 Å². The quantitative estimate of drug-likeness (QED) is 0.310. The zero-order valence-electron chi connectivity index (χ0n) is 16.5. The zero-order chi connectivity index (χ0) is 21.5. The Morgan fingerprint density at radius 3 is 2.00 bits per heavy atom. The van der Waals surface area contributed by atoms with Crippen LogP contribution in [0.4, 0.5) is 18.9 Å². The summed E-state index contributed by atoms with van der Waals surface area (Å²) in [5.41, 5.74) is 7.43. The van der Waals surface area contributed by atoms with E-state index in [-0.39, 0.29) is 0 Å². The van der Waals surface area contributed by atoms with Crippen LogP contribution < -0.4 is 5.73 Å². The number of rotatable bonds is 3. The van der Waals surface area contributed by atoms with Crippen LogP contribution >= 0.6 is 0 Å². The molecule has 0 aliphatic rings. The van der Waals surface area contributed by atoms with Gasteiger partial charge in [0.05, 0.1) is 5.56 Å². The van der Waals surface area contributed by atoms with Crippen molar-refractivity contribution in [3.8, 4) is 34.8 Å². The Balaban J connectivity index is 1.75. The summed E-state index contributed by atoms with van der Waals surface area (Å²) in [5.74, 6) is 9.70. The second kappa shape index (κ2) is 9.72. The molecule has 0 aromatic heterocycles. The predicted molar refractivity (Wildman–Crippen MR) is 115 cm³/mol. The molecule has 3 aromatic carbocycles. The van der Waals surface area contributed by atoms with E-state index in [4.69, 9.17) is 5.73 Å². The van der Waals surface area contributed by atoms with Crippen molar-refractivity contribution in [2.45, 2.75) is 26.2 Å². The normalized spacial score (nSPS) is 10.0. The van der Waals surface area contributed by atoms with Gasteiger partial charge in [-0.05, 0) is 60.0 Å². The minimum absolute atomic E-state index is 0.365. The third-order valence-electron chi connectivity index (χ3n) is 4.50. The molecular formula is C26H20F3N. The Hall–Kier alpha value is -3.63. The summed E-state index contributed by atoms with van der Waals surface area (Å²) >= 11 is 0. The summed E-state index contributed by atoms with van der Waals surface area (Å²) in [7, 11) is 0. The summed E-state index contributed by atoms with van der Waals surface area (Å²) < 4.78 is 41.5. The van der Waals surface area contributed by atoms with Gasteiger partial charge in [-0.2, -0.15) is 0 Å². The average Bonchev–Trinajstić information content (AvgIpc) is 2.74. The van der Waals surface area contributed by atoms with Crippen molar-refractivity contribution in [2.24, 2.45) is 0 Å². The van der Waals surface area contributed by atoms with E-state index in [1.165, 1.54) is 18.2 Å². The van der Waals surface area contributed by atoms with Gasteiger partial charge in [0.1, 0.15) is 23.1 Å². The minimum Gasteiger partial charge on any atom is -0.394 e. The number of hydrogen-bond acceptors (Lipinski definition) is 1. The van der Waals surface area contributed by atoms with E-state index in [2.05, 4.69) is 30.6 Å². The van der Waals surface area contributed by atoms with Crippen molar-refractivity contribution in [2.75, 3.05) is 5.73 Å². The molecule has 0 unspecified atom stereocenters. The van der Waals surface area contributed by atoms with Gasteiger partial charge in [0.2, 0.25) is 0 Å². The third kappa shape index (κ3) is 5.25. The first-order valence-corrected chi connectivity index (χ1v) is 9.63. The summed E-state index contributed by atoms with van der Waals surface area (Å²) in [5, 5.41) is 0. The molecule has 3 aromatic rings. The fourth-order valence-corrected chi connectivity index (χ4v) is 2.76. The highest BCUT2D eigenvalue weighted by Gasteiger charge is 2.09. The lowest BCUT2D eigenvalue weighted by Gasteiger charge is -2.05. The molecule has 0 aliphatic carbocycles. The maximum absolute atomic E-state index is 14.2. The van der Waals surface area contributed by atoms with Crippen molar-refractivity contribution >= 4 is 5.69 Å². The molecule has 0 spiro atoms. The molecule has 30 heavy (non-hydrogen) atoms. The molecule has 3 rings (SSSR count). The first-order chi connectivity index (χ1) is 14.5. The van der Waals surface area contributed by atoms with Gasteiger partial charge in [0.25, 0.3) is 0 Å². The first-order valence-electron chi connectivity index (χ1n) is 9.63. The third-order valence-corrected chi connectivity index (χ3v) is 4.50. The first kappa shape index (κ1) is 21.1. The van der Waals surface area contributed by atoms with Crippen molar-refractivity contribution < 1.29 is 13.2 Å². The highest BCUT2D eigenvalue weighted by molar-refractivity contribution is 5.67. The maximum atomic E-state index is 14.2. The van der Waals surface area contributed by atoms with Gasteiger partial charge >= 0.3 is 0 Å². The molecule has 1 nitrogen and oxygen atoms in total. The Bertz CT molecular complexity index is 1150. The second-order valence-electron chi connectivity index (χ2n) is 6.78. The lowest BCUT2D eigenvalue weighted by Crippen LogP contribution is -1.96. The molecule has 0 radical (unpaired) electrons. The van der Waals surface area contributed by atoms with Gasteiger partial charge in [0.15, 0.2) is 0 Å². The van der Waals surface area contributed by atoms with Crippen LogP contribution in [0.25, 0.3) is 11.1 Å². The lowest BCUT2D eigenvalue weighted by molar-refractivity contribution is 0.592. The molecule has 0 saturated carbocycles. The number of hydrogen-bond donors (Lipinski definition) is 1. The van der Waals surface area contributed by atoms with Crippen LogP contribution in [0, 0.1) is 41.1 Å². The summed E-state index contributed by atoms with van der Waals surface area (Å²) in [6.07, 6.45) is 2.81. The van der Waals surface area contributed by atoms with Crippen LogP contribution in [0.3, 0.4) is 0 Å². The van der Waals surface area contributed by atoms with Crippen molar-refractivity contribution in [3.63, 3.8) is 0 Å². The van der Waals surface area contributed by atoms with E-state index < -0.39 is 23.1 Å². The van der Waals surface area contributed by atoms with E-state index >= 15 is 0 Å². The fraction of sp³-hybridized carbons (Fsp3) is 0.154. The van der Waals surface area contributed by atoms with Crippen LogP contribution in [-0.4, -0.2) is 0 Å². The molecule has 0 aliphatic heterocycles. The van der Waals surface area contributed by atoms with Crippen molar-refractivity contribution in [3.05, 3.63) is 88.7 Å². The van der Waals surface area contributed by atoms with Crippen LogP contribution in [0.2, 0.25) is 0 Å². The van der Waals surface area contributed by atoms with Gasteiger partial charge in [-0.25, -0.2) is 13.2 Å². The van der Waals surface area contributed by atoms with E-state index in [9.17, 15) is 13.2 Å². The lowest BCUT2D eigenvalue weighted by atomic mass is 10.0. The van der Waals surface area contributed by atoms with E-state index in [0.717, 1.165) is 19.3 Å². The van der Waals surface area contributed by atoms with Gasteiger partial charge in [-0.3, -0.25) is 0 Å². The highest BCUT2D eigenvalue weighted by atomic mass is 19.1. The number of benzene rings is 3. The highest BCUT2D eigenvalue weighted by Crippen LogP contribution is 2.25. The number of unbranched alkanes of at least 4 members (excludes halogenated alkanes) is 2. The van der Waals surface area contributed by atoms with Crippen LogP contribution in [0.1, 0.15) is 42.9 Å². The average molecular weight is 403 g/mol. The second-order valence-corrected chi connectivity index (χ2v) is 6.78. The molecule has 0 fully saturated rings. The van der Waals surface area contributed by atoms with Gasteiger partial charge < -0.3 is 5.73 Å². The van der Waals surface area contributed by atoms with E-state index in [1.807, 2.05) is 0 Å². The summed E-state index contributed by atoms with van der Waals surface area (Å²) in [4.78, 5) is 0. The molecule has 150 valence electrons. The van der Waals surface area contributed by atoms with Crippen molar-refractivity contribution in [1.82, 2.24) is 0 Å². The van der Waals surface area contributed by atoms with Gasteiger partial charge in [-0.1, -0.05) is 49.2 Å². The van der Waals surface area contributed by atoms with E-state index in [1.54, 1.807) is 36.4 Å². The Morgan fingerprint density at radius 1 is 0.733 bits per heavy atom. The van der Waals surface area contributed by atoms with Gasteiger partial charge in [0, 0.05) is 17.5 Å². The molecule has 4 heteroatoms. The molecule has 0 bridgehead atoms. The van der Waals surface area contributed by atoms with Gasteiger partial charge in [-0.15, -0.1) is 0 Å². The molecule has 2 N–H and O–H groups in total.